The van der Waals surface area contributed by atoms with Crippen molar-refractivity contribution < 1.29 is 0 Å². The Morgan fingerprint density at radius 3 is 3.12 bits per heavy atom. The number of nitrogens with one attached hydrogen (secondary N) is 2. The number of piperidine rings is 1. The van der Waals surface area contributed by atoms with Crippen molar-refractivity contribution in [2.24, 2.45) is 0 Å². The van der Waals surface area contributed by atoms with Crippen molar-refractivity contribution in [3.63, 3.8) is 0 Å². The smallest absolute Gasteiger partial charge is 0.267 e. The maximum Gasteiger partial charge on any atom is 0.267 e. The summed E-state index contributed by atoms with van der Waals surface area (Å²) in [6, 6.07) is 5.99. The molecule has 0 aromatic carbocycles. The molecule has 5 heteroatoms. The highest BCUT2D eigenvalue weighted by molar-refractivity contribution is 7.13. The highest BCUT2D eigenvalue weighted by Crippen LogP contribution is 2.22. The fraction of sp³-hybridized carbons (Fsp3) is 0.417. The number of rotatable bonds is 2. The van der Waals surface area contributed by atoms with Crippen LogP contribution in [-0.2, 0) is 0 Å². The molecule has 0 aliphatic carbocycles. The van der Waals surface area contributed by atoms with Crippen LogP contribution in [0.1, 0.15) is 18.9 Å². The zero-order chi connectivity index (χ0) is 11.7. The van der Waals surface area contributed by atoms with Gasteiger partial charge in [0.15, 0.2) is 0 Å². The Morgan fingerprint density at radius 2 is 2.41 bits per heavy atom. The Kier molecular flexibility index (Phi) is 2.86. The molecule has 3 heterocycles. The van der Waals surface area contributed by atoms with E-state index < -0.39 is 0 Å². The van der Waals surface area contributed by atoms with Crippen LogP contribution in [0.3, 0.4) is 0 Å². The highest BCUT2D eigenvalue weighted by atomic mass is 32.1. The van der Waals surface area contributed by atoms with Crippen LogP contribution in [-0.4, -0.2) is 22.9 Å². The van der Waals surface area contributed by atoms with Crippen LogP contribution in [0.2, 0.25) is 0 Å². The largest absolute Gasteiger partial charge is 0.315 e. The van der Waals surface area contributed by atoms with Gasteiger partial charge in [-0.15, -0.1) is 11.3 Å². The van der Waals surface area contributed by atoms with Gasteiger partial charge in [-0.2, -0.15) is 0 Å². The second kappa shape index (κ2) is 4.50. The van der Waals surface area contributed by atoms with Crippen LogP contribution in [0.15, 0.2) is 28.4 Å². The third kappa shape index (κ3) is 2.08. The molecule has 1 aliphatic heterocycles. The molecule has 2 N–H and O–H groups in total. The predicted molar refractivity (Wildman–Crippen MR) is 69.5 cm³/mol. The second-order valence-corrected chi connectivity index (χ2v) is 5.30. The van der Waals surface area contributed by atoms with Crippen LogP contribution >= 0.6 is 11.3 Å². The SMILES string of the molecule is O=c1cc(-c2cccs2)[nH]n1C1CCCNC1. The number of hydrogen-bond donors (Lipinski definition) is 2. The van der Waals surface area contributed by atoms with Crippen LogP contribution in [0.4, 0.5) is 0 Å². The first-order valence-electron chi connectivity index (χ1n) is 5.91. The summed E-state index contributed by atoms with van der Waals surface area (Å²) in [6.07, 6.45) is 2.20. The lowest BCUT2D eigenvalue weighted by Gasteiger charge is -2.23. The minimum absolute atomic E-state index is 0.0714. The number of hydrogen-bond acceptors (Lipinski definition) is 3. The summed E-state index contributed by atoms with van der Waals surface area (Å²) in [5, 5.41) is 8.58. The number of thiophene rings is 1. The van der Waals surface area contributed by atoms with Gasteiger partial charge in [0, 0.05) is 12.6 Å². The maximum atomic E-state index is 11.9. The Bertz CT molecular complexity index is 534. The lowest BCUT2D eigenvalue weighted by molar-refractivity contribution is 0.341. The van der Waals surface area contributed by atoms with E-state index in [4.69, 9.17) is 0 Å². The van der Waals surface area contributed by atoms with Crippen molar-refractivity contribution in [2.45, 2.75) is 18.9 Å². The normalized spacial score (nSPS) is 20.6. The van der Waals surface area contributed by atoms with Crippen molar-refractivity contribution in [2.75, 3.05) is 13.1 Å². The summed E-state index contributed by atoms with van der Waals surface area (Å²) in [6.45, 7) is 1.94. The molecule has 0 amide bonds. The Hall–Kier alpha value is -1.33. The van der Waals surface area contributed by atoms with Gasteiger partial charge in [-0.1, -0.05) is 6.07 Å². The van der Waals surface area contributed by atoms with E-state index >= 15 is 0 Å². The Morgan fingerprint density at radius 1 is 1.47 bits per heavy atom. The molecule has 3 rings (SSSR count). The molecule has 0 bridgehead atoms. The molecule has 0 radical (unpaired) electrons. The van der Waals surface area contributed by atoms with Gasteiger partial charge in [-0.25, -0.2) is 4.68 Å². The van der Waals surface area contributed by atoms with Gasteiger partial charge in [0.25, 0.3) is 5.56 Å². The first-order valence-corrected chi connectivity index (χ1v) is 6.79. The summed E-state index contributed by atoms with van der Waals surface area (Å²) < 4.78 is 1.77. The fourth-order valence-corrected chi connectivity index (χ4v) is 2.99. The molecule has 17 heavy (non-hydrogen) atoms. The quantitative estimate of drug-likeness (QED) is 0.853. The summed E-state index contributed by atoms with van der Waals surface area (Å²) in [4.78, 5) is 13.1. The first kappa shape index (κ1) is 10.8. The van der Waals surface area contributed by atoms with E-state index in [1.165, 1.54) is 0 Å². The molecule has 4 nitrogen and oxygen atoms in total. The fourth-order valence-electron chi connectivity index (χ4n) is 2.29. The van der Waals surface area contributed by atoms with E-state index in [1.54, 1.807) is 22.1 Å². The van der Waals surface area contributed by atoms with Crippen molar-refractivity contribution in [3.05, 3.63) is 33.9 Å². The van der Waals surface area contributed by atoms with E-state index in [2.05, 4.69) is 10.4 Å². The van der Waals surface area contributed by atoms with Crippen molar-refractivity contribution in [1.29, 1.82) is 0 Å². The van der Waals surface area contributed by atoms with E-state index in [0.717, 1.165) is 36.5 Å². The topological polar surface area (TPSA) is 49.8 Å². The molecule has 1 atom stereocenters. The van der Waals surface area contributed by atoms with E-state index in [-0.39, 0.29) is 11.6 Å². The third-order valence-electron chi connectivity index (χ3n) is 3.17. The predicted octanol–water partition coefficient (Wildman–Crippen LogP) is 1.83. The monoisotopic (exact) mass is 249 g/mol. The molecule has 0 spiro atoms. The number of H-pyrrole nitrogens is 1. The van der Waals surface area contributed by atoms with Crippen LogP contribution in [0.25, 0.3) is 10.6 Å². The molecule has 90 valence electrons. The van der Waals surface area contributed by atoms with Crippen molar-refractivity contribution in [1.82, 2.24) is 15.1 Å². The summed E-state index contributed by atoms with van der Waals surface area (Å²) in [5.74, 6) is 0. The molecule has 1 aliphatic rings. The number of nitrogens with zero attached hydrogens (tertiary/aromatic N) is 1. The van der Waals surface area contributed by atoms with Gasteiger partial charge in [0.1, 0.15) is 0 Å². The zero-order valence-corrected chi connectivity index (χ0v) is 10.3. The minimum Gasteiger partial charge on any atom is -0.315 e. The molecule has 2 aromatic heterocycles. The molecule has 0 saturated carbocycles. The van der Waals surface area contributed by atoms with Gasteiger partial charge in [0.2, 0.25) is 0 Å². The van der Waals surface area contributed by atoms with Crippen LogP contribution in [0.5, 0.6) is 0 Å². The first-order chi connectivity index (χ1) is 8.34. The number of aromatic nitrogens is 2. The van der Waals surface area contributed by atoms with Gasteiger partial charge < -0.3 is 5.32 Å². The maximum absolute atomic E-state index is 11.9. The van der Waals surface area contributed by atoms with E-state index in [1.807, 2.05) is 17.5 Å². The zero-order valence-electron chi connectivity index (χ0n) is 9.48. The average Bonchev–Trinajstić information content (AvgIpc) is 2.99. The van der Waals surface area contributed by atoms with E-state index in [9.17, 15) is 4.79 Å². The van der Waals surface area contributed by atoms with Gasteiger partial charge in [0.05, 0.1) is 16.6 Å². The van der Waals surface area contributed by atoms with Gasteiger partial charge in [-0.3, -0.25) is 9.89 Å². The summed E-state index contributed by atoms with van der Waals surface area (Å²) in [5.41, 5.74) is 0.998. The molecular formula is C12H15N3OS. The molecular weight excluding hydrogens is 234 g/mol. The van der Waals surface area contributed by atoms with Crippen LogP contribution < -0.4 is 10.9 Å². The Labute approximate surface area is 103 Å². The molecule has 1 unspecified atom stereocenters. The van der Waals surface area contributed by atoms with Gasteiger partial charge in [-0.05, 0) is 30.8 Å². The number of aromatic amines is 1. The second-order valence-electron chi connectivity index (χ2n) is 4.36. The average molecular weight is 249 g/mol. The Balaban J connectivity index is 1.93. The lowest BCUT2D eigenvalue weighted by Crippen LogP contribution is -2.35. The molecule has 1 fully saturated rings. The summed E-state index contributed by atoms with van der Waals surface area (Å²) >= 11 is 1.65. The lowest BCUT2D eigenvalue weighted by atomic mass is 10.1. The van der Waals surface area contributed by atoms with Crippen molar-refractivity contribution in [3.8, 4) is 10.6 Å². The standard InChI is InChI=1S/C12H15N3OS/c16-12-7-10(11-4-2-6-17-11)14-15(12)9-3-1-5-13-8-9/h2,4,6-7,9,13-14H,1,3,5,8H2. The highest BCUT2D eigenvalue weighted by Gasteiger charge is 2.18. The van der Waals surface area contributed by atoms with E-state index in [0.29, 0.717) is 0 Å². The van der Waals surface area contributed by atoms with Crippen LogP contribution in [0, 0.1) is 0 Å². The summed E-state index contributed by atoms with van der Waals surface area (Å²) in [7, 11) is 0. The van der Waals surface area contributed by atoms with Gasteiger partial charge >= 0.3 is 0 Å². The third-order valence-corrected chi connectivity index (χ3v) is 4.07. The minimum atomic E-state index is 0.0714. The van der Waals surface area contributed by atoms with Crippen molar-refractivity contribution >= 4 is 11.3 Å². The molecule has 1 saturated heterocycles. The molecule has 2 aromatic rings.